The summed E-state index contributed by atoms with van der Waals surface area (Å²) in [5, 5.41) is 41.5. The van der Waals surface area contributed by atoms with Crippen molar-refractivity contribution in [1.82, 2.24) is 9.97 Å². The molecule has 0 aliphatic carbocycles. The minimum atomic E-state index is -4.59. The monoisotopic (exact) mass is 553 g/mol. The van der Waals surface area contributed by atoms with Crippen LogP contribution in [-0.2, 0) is 6.18 Å². The predicted octanol–water partition coefficient (Wildman–Crippen LogP) is 2.02. The van der Waals surface area contributed by atoms with Crippen molar-refractivity contribution in [2.75, 3.05) is 25.6 Å². The second-order valence-electron chi connectivity index (χ2n) is 7.58. The summed E-state index contributed by atoms with van der Waals surface area (Å²) in [6.45, 7) is -1.89. The number of methoxy groups -OCH3 is 1. The maximum Gasteiger partial charge on any atom is 0.416 e. The van der Waals surface area contributed by atoms with Gasteiger partial charge in [-0.3, -0.25) is 0 Å². The van der Waals surface area contributed by atoms with Gasteiger partial charge in [-0.15, -0.1) is 0 Å². The fourth-order valence-corrected chi connectivity index (χ4v) is 3.42. The number of fused-ring (bicyclic) bond motifs is 1. The number of nitrogens with zero attached hydrogens (tertiary/aromatic N) is 2. The minimum absolute atomic E-state index is 0. The van der Waals surface area contributed by atoms with E-state index in [4.69, 9.17) is 26.2 Å². The second-order valence-corrected chi connectivity index (χ2v) is 7.99. The molecule has 2 aromatic carbocycles. The molecule has 204 valence electrons. The number of benzene rings is 2. The number of rotatable bonds is 10. The first-order chi connectivity index (χ1) is 17.0. The highest BCUT2D eigenvalue weighted by molar-refractivity contribution is 6.33. The van der Waals surface area contributed by atoms with E-state index in [1.165, 1.54) is 19.2 Å². The third-order valence-electron chi connectivity index (χ3n) is 5.20. The van der Waals surface area contributed by atoms with Crippen molar-refractivity contribution in [3.63, 3.8) is 0 Å². The van der Waals surface area contributed by atoms with Crippen LogP contribution in [0, 0.1) is 0 Å². The SMILES string of the molecule is COc1cc2c(Nc3cc(C(F)(F)F)ccc3Cl)ncnc2cc1O[C@H](CO)[C@H](O)[C@@H](O)[C@H](F)CO.O. The van der Waals surface area contributed by atoms with Crippen LogP contribution in [0.25, 0.3) is 10.9 Å². The Kier molecular flexibility index (Phi) is 10.2. The lowest BCUT2D eigenvalue weighted by molar-refractivity contribution is -0.137. The van der Waals surface area contributed by atoms with E-state index in [-0.39, 0.29) is 39.0 Å². The summed E-state index contributed by atoms with van der Waals surface area (Å²) in [4.78, 5) is 8.15. The Morgan fingerprint density at radius 3 is 2.32 bits per heavy atom. The van der Waals surface area contributed by atoms with Crippen molar-refractivity contribution in [3.8, 4) is 11.5 Å². The first kappa shape index (κ1) is 30.2. The van der Waals surface area contributed by atoms with Gasteiger partial charge < -0.3 is 40.7 Å². The highest BCUT2D eigenvalue weighted by Crippen LogP contribution is 2.38. The Labute approximate surface area is 212 Å². The van der Waals surface area contributed by atoms with Gasteiger partial charge in [-0.05, 0) is 24.3 Å². The average molecular weight is 554 g/mol. The molecule has 4 atom stereocenters. The maximum atomic E-state index is 13.6. The van der Waals surface area contributed by atoms with Crippen molar-refractivity contribution in [3.05, 3.63) is 47.2 Å². The van der Waals surface area contributed by atoms with Crippen LogP contribution in [0.4, 0.5) is 29.1 Å². The Morgan fingerprint density at radius 2 is 1.73 bits per heavy atom. The lowest BCUT2D eigenvalue weighted by Crippen LogP contribution is -2.48. The molecule has 0 bridgehead atoms. The van der Waals surface area contributed by atoms with Gasteiger partial charge in [0.25, 0.3) is 0 Å². The minimum Gasteiger partial charge on any atom is -0.493 e. The summed E-state index contributed by atoms with van der Waals surface area (Å²) in [6, 6.07) is 5.48. The zero-order valence-electron chi connectivity index (χ0n) is 19.1. The standard InChI is InChI=1S/C22H22ClF4N3O6.H2O/c1-35-16-5-11-14(6-17(16)36-18(8-32)20(34)19(33)13(24)7-31)28-9-29-21(11)30-15-4-10(22(25,26)27)2-3-12(15)23;/h2-6,9,13,18-20,31-34H,7-8H2,1H3,(H,28,29,30);1H2/t13-,18-,19+,20+;/m1./s1. The van der Waals surface area contributed by atoms with Crippen LogP contribution < -0.4 is 14.8 Å². The van der Waals surface area contributed by atoms with E-state index >= 15 is 0 Å². The zero-order chi connectivity index (χ0) is 26.6. The number of aliphatic hydroxyl groups is 4. The topological polar surface area (TPSA) is 169 Å². The molecule has 10 nitrogen and oxygen atoms in total. The number of aromatic nitrogens is 2. The molecule has 0 aliphatic rings. The zero-order valence-corrected chi connectivity index (χ0v) is 19.8. The molecule has 0 aliphatic heterocycles. The van der Waals surface area contributed by atoms with Crippen molar-refractivity contribution < 1.29 is 52.9 Å². The van der Waals surface area contributed by atoms with Gasteiger partial charge in [-0.2, -0.15) is 13.2 Å². The van der Waals surface area contributed by atoms with Gasteiger partial charge >= 0.3 is 6.18 Å². The van der Waals surface area contributed by atoms with Crippen molar-refractivity contribution >= 4 is 34.0 Å². The van der Waals surface area contributed by atoms with Crippen LogP contribution in [0.5, 0.6) is 11.5 Å². The van der Waals surface area contributed by atoms with Crippen molar-refractivity contribution in [1.29, 1.82) is 0 Å². The fourth-order valence-electron chi connectivity index (χ4n) is 3.26. The highest BCUT2D eigenvalue weighted by atomic mass is 35.5. The predicted molar refractivity (Wildman–Crippen MR) is 125 cm³/mol. The summed E-state index contributed by atoms with van der Waals surface area (Å²) in [7, 11) is 1.27. The number of hydrogen-bond donors (Lipinski definition) is 5. The number of halogens is 5. The summed E-state index contributed by atoms with van der Waals surface area (Å²) in [5.41, 5.74) is -0.765. The fraction of sp³-hybridized carbons (Fsp3) is 0.364. The summed E-state index contributed by atoms with van der Waals surface area (Å²) < 4.78 is 63.8. The van der Waals surface area contributed by atoms with Crippen molar-refractivity contribution in [2.24, 2.45) is 0 Å². The molecule has 0 spiro atoms. The average Bonchev–Trinajstić information content (AvgIpc) is 2.86. The lowest BCUT2D eigenvalue weighted by Gasteiger charge is -2.28. The van der Waals surface area contributed by atoms with Crippen LogP contribution in [0.1, 0.15) is 5.56 Å². The molecule has 3 rings (SSSR count). The molecule has 0 saturated heterocycles. The van der Waals surface area contributed by atoms with Gasteiger partial charge in [0.05, 0.1) is 42.1 Å². The quantitative estimate of drug-likeness (QED) is 0.236. The number of hydrogen-bond acceptors (Lipinski definition) is 9. The first-order valence-corrected chi connectivity index (χ1v) is 10.7. The van der Waals surface area contributed by atoms with E-state index in [1.54, 1.807) is 0 Å². The molecule has 0 unspecified atom stereocenters. The largest absolute Gasteiger partial charge is 0.493 e. The normalized spacial score (nSPS) is 14.9. The first-order valence-electron chi connectivity index (χ1n) is 10.3. The van der Waals surface area contributed by atoms with Gasteiger partial charge in [0.15, 0.2) is 23.8 Å². The summed E-state index contributed by atoms with van der Waals surface area (Å²) in [5.74, 6) is 0.0644. The molecule has 1 heterocycles. The van der Waals surface area contributed by atoms with Crippen molar-refractivity contribution in [2.45, 2.75) is 30.7 Å². The molecular weight excluding hydrogens is 530 g/mol. The molecule has 15 heteroatoms. The van der Waals surface area contributed by atoms with E-state index in [0.29, 0.717) is 5.39 Å². The summed E-state index contributed by atoms with van der Waals surface area (Å²) in [6.07, 6.45) is -11.1. The molecule has 7 N–H and O–H groups in total. The van der Waals surface area contributed by atoms with Gasteiger partial charge in [-0.25, -0.2) is 14.4 Å². The molecule has 0 amide bonds. The number of ether oxygens (including phenoxy) is 2. The third-order valence-corrected chi connectivity index (χ3v) is 5.53. The van der Waals surface area contributed by atoms with E-state index in [2.05, 4.69) is 15.3 Å². The lowest BCUT2D eigenvalue weighted by atomic mass is 10.0. The van der Waals surface area contributed by atoms with E-state index in [9.17, 15) is 32.9 Å². The third kappa shape index (κ3) is 6.85. The van der Waals surface area contributed by atoms with E-state index < -0.39 is 49.4 Å². The Bertz CT molecular complexity index is 1200. The number of anilines is 2. The molecule has 0 radical (unpaired) electrons. The smallest absolute Gasteiger partial charge is 0.416 e. The molecule has 0 fully saturated rings. The molecular formula is C22H24ClF4N3O7. The van der Waals surface area contributed by atoms with Crippen LogP contribution in [-0.4, -0.2) is 80.7 Å². The Balaban J connectivity index is 0.00000481. The number of nitrogens with one attached hydrogen (secondary N) is 1. The Morgan fingerprint density at radius 1 is 1.03 bits per heavy atom. The number of alkyl halides is 4. The highest BCUT2D eigenvalue weighted by Gasteiger charge is 2.34. The van der Waals surface area contributed by atoms with Gasteiger partial charge in [0, 0.05) is 11.5 Å². The van der Waals surface area contributed by atoms with Crippen LogP contribution in [0.15, 0.2) is 36.7 Å². The van der Waals surface area contributed by atoms with Gasteiger partial charge in [0.1, 0.15) is 24.4 Å². The van der Waals surface area contributed by atoms with E-state index in [1.807, 2.05) is 0 Å². The van der Waals surface area contributed by atoms with Crippen LogP contribution >= 0.6 is 11.6 Å². The van der Waals surface area contributed by atoms with Gasteiger partial charge in [-0.1, -0.05) is 11.6 Å². The molecule has 0 saturated carbocycles. The van der Waals surface area contributed by atoms with Crippen LogP contribution in [0.3, 0.4) is 0 Å². The number of aliphatic hydroxyl groups excluding tert-OH is 4. The maximum absolute atomic E-state index is 13.6. The molecule has 3 aromatic rings. The summed E-state index contributed by atoms with van der Waals surface area (Å²) >= 11 is 6.06. The van der Waals surface area contributed by atoms with Crippen LogP contribution in [0.2, 0.25) is 5.02 Å². The molecule has 37 heavy (non-hydrogen) atoms. The molecule has 1 aromatic heterocycles. The van der Waals surface area contributed by atoms with E-state index in [0.717, 1.165) is 24.5 Å². The van der Waals surface area contributed by atoms with Gasteiger partial charge in [0.2, 0.25) is 0 Å². The second kappa shape index (κ2) is 12.5. The Hall–Kier alpha value is -3.01.